The van der Waals surface area contributed by atoms with Crippen LogP contribution in [-0.2, 0) is 48.7 Å². The Morgan fingerprint density at radius 3 is 0.863 bits per heavy atom. The topological polar surface area (TPSA) is 11.4 Å². The van der Waals surface area contributed by atoms with E-state index in [1.807, 2.05) is 0 Å². The smallest absolute Gasteiger partial charge is 0.252 e. The van der Waals surface area contributed by atoms with Crippen molar-refractivity contribution < 1.29 is 0 Å². The summed E-state index contributed by atoms with van der Waals surface area (Å²) >= 11 is 0. The van der Waals surface area contributed by atoms with E-state index < -0.39 is 8.07 Å². The van der Waals surface area contributed by atoms with Crippen molar-refractivity contribution in [2.24, 2.45) is 0 Å². The highest BCUT2D eigenvalue weighted by Crippen LogP contribution is 2.57. The van der Waals surface area contributed by atoms with Gasteiger partial charge in [0.2, 0.25) is 0 Å². The summed E-state index contributed by atoms with van der Waals surface area (Å²) in [5.41, 5.74) is 35.8. The Balaban J connectivity index is 1.04. The molecule has 0 saturated heterocycles. The molecule has 5 heteroatoms. The monoisotopic (exact) mass is 1730 g/mol. The Morgan fingerprint density at radius 1 is 0.206 bits per heavy atom. The molecule has 0 fully saturated rings. The molecule has 0 amide bonds. The van der Waals surface area contributed by atoms with Gasteiger partial charge in [-0.15, -0.1) is 0 Å². The molecule has 16 aromatic rings. The van der Waals surface area contributed by atoms with Crippen molar-refractivity contribution >= 4 is 108 Å². The molecule has 0 unspecified atom stereocenters. The van der Waals surface area contributed by atoms with E-state index in [0.717, 1.165) is 45.3 Å². The van der Waals surface area contributed by atoms with Crippen LogP contribution in [-0.4, -0.2) is 19.4 Å². The standard InChI is InChI=1S/C126H134BN3Si/c1-118(2,3)87-45-37-41-83(67-87)101-74-93(124(19,20)21)75-102(84-42-38-46-88(68-84)119(4,5)6)116(101)129-111-64-57-82(81-55-61-100(62-56-81)131(97-49-31-28-32-50-97,98-51-33-29-34-52-98)99-53-35-30-36-54-99)71-108(111)127-107-63-60-96(128-109-65-58-91(122(13,14)15)72-105(109)106-73-92(123(16,17)18)59-66-110(106)128)80-112(107)130(114-79-95(126(25,26)27)78-113(129)115(114)127)117-103(85-43-39-47-89(69-85)120(7,8)9)76-94(125(22,23)24)77-104(117)86-44-40-48-90(70-86)121(10,11)12/h28-80H,1-27H3. The predicted octanol–water partition coefficient (Wildman–Crippen LogP) is 30.3. The second-order valence-electron chi connectivity index (χ2n) is 47.2. The molecular formula is C126H134BN3Si. The van der Waals surface area contributed by atoms with Crippen molar-refractivity contribution in [2.45, 2.75) is 236 Å². The van der Waals surface area contributed by atoms with Crippen LogP contribution in [0.1, 0.15) is 237 Å². The first kappa shape index (κ1) is 89.6. The zero-order valence-electron chi connectivity index (χ0n) is 83.0. The molecule has 0 atom stereocenters. The SMILES string of the molecule is CC(C)(C)c1cccc(-c2cc(C(C)(C)C)cc(-c3cccc(C(C)(C)C)c3)c2N2c3ccc(-c4ccc([Si](c5ccccc5)(c5ccccc5)c5ccccc5)cc4)cc3B3c4ccc(-n5c6ccc(C(C)(C)C)cc6c6cc(C(C)(C)C)ccc65)cc4N(c4c(-c5cccc(C(C)(C)C)c5)cc(C(C)(C)C)cc4-c4cccc(C(C)(C)C)c4)c4cc(C(C)(C)C)cc2c43)c1. The van der Waals surface area contributed by atoms with Crippen molar-refractivity contribution in [3.8, 4) is 61.3 Å². The van der Waals surface area contributed by atoms with Crippen LogP contribution in [0.25, 0.3) is 83.1 Å². The third kappa shape index (κ3) is 16.3. The molecule has 2 aliphatic heterocycles. The minimum absolute atomic E-state index is 0.0884. The fourth-order valence-electron chi connectivity index (χ4n) is 20.5. The van der Waals surface area contributed by atoms with Crippen molar-refractivity contribution in [1.29, 1.82) is 0 Å². The molecule has 3 heterocycles. The number of hydrogen-bond donors (Lipinski definition) is 0. The highest BCUT2D eigenvalue weighted by atomic mass is 28.3. The van der Waals surface area contributed by atoms with Crippen LogP contribution in [0.5, 0.6) is 0 Å². The second-order valence-corrected chi connectivity index (χ2v) is 51.0. The molecule has 0 saturated carbocycles. The summed E-state index contributed by atoms with van der Waals surface area (Å²) in [5, 5.41) is 7.91. The van der Waals surface area contributed by atoms with Crippen LogP contribution in [0.2, 0.25) is 0 Å². The van der Waals surface area contributed by atoms with E-state index in [1.54, 1.807) is 0 Å². The molecule has 0 spiro atoms. The van der Waals surface area contributed by atoms with Crippen LogP contribution in [0.15, 0.2) is 322 Å². The number of anilines is 6. The Kier molecular flexibility index (Phi) is 22.0. The molecule has 0 bridgehead atoms. The quantitative estimate of drug-likeness (QED) is 0.0892. The highest BCUT2D eigenvalue weighted by Gasteiger charge is 2.48. The summed E-state index contributed by atoms with van der Waals surface area (Å²) in [6.07, 6.45) is 0. The molecule has 15 aromatic carbocycles. The third-order valence-corrected chi connectivity index (χ3v) is 33.3. The summed E-state index contributed by atoms with van der Waals surface area (Å²) in [7, 11) is -2.93. The van der Waals surface area contributed by atoms with E-state index in [4.69, 9.17) is 0 Å². The zero-order valence-corrected chi connectivity index (χ0v) is 84.0. The largest absolute Gasteiger partial charge is 0.310 e. The summed E-state index contributed by atoms with van der Waals surface area (Å²) in [6, 6.07) is 128. The van der Waals surface area contributed by atoms with Gasteiger partial charge < -0.3 is 14.4 Å². The Hall–Kier alpha value is -12.0. The second kappa shape index (κ2) is 32.2. The lowest BCUT2D eigenvalue weighted by atomic mass is 9.33. The Bertz CT molecular complexity index is 6790. The van der Waals surface area contributed by atoms with Gasteiger partial charge in [0.05, 0.1) is 22.4 Å². The summed E-state index contributed by atoms with van der Waals surface area (Å²) in [4.78, 5) is 5.63. The fourth-order valence-corrected chi connectivity index (χ4v) is 25.3. The summed E-state index contributed by atoms with van der Waals surface area (Å²) in [6.45, 7) is 63.9. The van der Waals surface area contributed by atoms with Gasteiger partial charge in [0, 0.05) is 61.5 Å². The van der Waals surface area contributed by atoms with Gasteiger partial charge in [0.25, 0.3) is 6.71 Å². The van der Waals surface area contributed by atoms with E-state index in [2.05, 4.69) is 523 Å². The molecule has 0 aliphatic carbocycles. The maximum absolute atomic E-state index is 2.93. The van der Waals surface area contributed by atoms with Crippen LogP contribution in [0, 0.1) is 0 Å². The van der Waals surface area contributed by atoms with Gasteiger partial charge in [-0.2, -0.15) is 0 Å². The van der Waals surface area contributed by atoms with Crippen molar-refractivity contribution in [2.75, 3.05) is 9.80 Å². The third-order valence-electron chi connectivity index (χ3n) is 28.5. The lowest BCUT2D eigenvalue weighted by Crippen LogP contribution is -2.74. The first-order valence-corrected chi connectivity index (χ1v) is 49.9. The highest BCUT2D eigenvalue weighted by molar-refractivity contribution is 7.20. The molecule has 1 aromatic heterocycles. The fraction of sp³-hybridized carbons (Fsp3) is 0.286. The first-order valence-electron chi connectivity index (χ1n) is 47.9. The number of nitrogens with zero attached hydrogens (tertiary/aromatic N) is 3. The number of rotatable bonds is 12. The number of benzene rings is 15. The van der Waals surface area contributed by atoms with E-state index in [9.17, 15) is 0 Å². The van der Waals surface area contributed by atoms with Gasteiger partial charge in [-0.05, 0) is 248 Å². The first-order chi connectivity index (χ1) is 61.6. The zero-order chi connectivity index (χ0) is 93.1. The maximum atomic E-state index is 2.83. The molecule has 18 rings (SSSR count). The maximum Gasteiger partial charge on any atom is 0.252 e. The average Bonchev–Trinajstić information content (AvgIpc) is 0.839. The van der Waals surface area contributed by atoms with E-state index in [1.165, 1.54) is 159 Å². The predicted molar refractivity (Wildman–Crippen MR) is 574 cm³/mol. The van der Waals surface area contributed by atoms with Crippen LogP contribution in [0.4, 0.5) is 34.1 Å². The molecule has 0 N–H and O–H groups in total. The Morgan fingerprint density at radius 2 is 0.519 bits per heavy atom. The Labute approximate surface area is 785 Å². The number of hydrogen-bond acceptors (Lipinski definition) is 2. The van der Waals surface area contributed by atoms with E-state index in [0.29, 0.717) is 0 Å². The average molecular weight is 1730 g/mol. The molecule has 0 radical (unpaired) electrons. The van der Waals surface area contributed by atoms with E-state index in [-0.39, 0.29) is 55.4 Å². The lowest BCUT2D eigenvalue weighted by Gasteiger charge is -2.47. The van der Waals surface area contributed by atoms with E-state index >= 15 is 0 Å². The molecule has 3 nitrogen and oxygen atoms in total. The molecule has 660 valence electrons. The van der Waals surface area contributed by atoms with Crippen LogP contribution >= 0.6 is 0 Å². The van der Waals surface area contributed by atoms with Gasteiger partial charge in [0.15, 0.2) is 8.07 Å². The molecular weight excluding hydrogens is 1590 g/mol. The summed E-state index contributed by atoms with van der Waals surface area (Å²) < 4.78 is 2.61. The minimum atomic E-state index is -2.93. The normalized spacial score (nSPS) is 13.6. The van der Waals surface area contributed by atoms with Crippen molar-refractivity contribution in [3.63, 3.8) is 0 Å². The van der Waals surface area contributed by atoms with Gasteiger partial charge in [-0.3, -0.25) is 0 Å². The van der Waals surface area contributed by atoms with Crippen LogP contribution < -0.4 is 46.9 Å². The van der Waals surface area contributed by atoms with Crippen molar-refractivity contribution in [3.05, 3.63) is 372 Å². The number of aromatic nitrogens is 1. The summed E-state index contributed by atoms with van der Waals surface area (Å²) in [5.74, 6) is 0. The number of fused-ring (bicyclic) bond motifs is 7. The van der Waals surface area contributed by atoms with Gasteiger partial charge in [-0.1, -0.05) is 430 Å². The minimum Gasteiger partial charge on any atom is -0.310 e. The van der Waals surface area contributed by atoms with Gasteiger partial charge in [0.1, 0.15) is 0 Å². The lowest BCUT2D eigenvalue weighted by molar-refractivity contribution is 0.589. The van der Waals surface area contributed by atoms with Gasteiger partial charge in [-0.25, -0.2) is 0 Å². The van der Waals surface area contributed by atoms with Gasteiger partial charge >= 0.3 is 0 Å². The molecule has 131 heavy (non-hydrogen) atoms. The molecule has 2 aliphatic rings. The van der Waals surface area contributed by atoms with Crippen molar-refractivity contribution in [1.82, 2.24) is 4.57 Å². The van der Waals surface area contributed by atoms with Crippen LogP contribution in [0.3, 0.4) is 0 Å².